The SMILES string of the molecule is COC(=O)c1ccccc1NC(=O)CC(=O)NC1CCCCC1. The Morgan fingerprint density at radius 2 is 1.78 bits per heavy atom. The molecule has 6 heteroatoms. The zero-order valence-corrected chi connectivity index (χ0v) is 13.3. The number of methoxy groups -OCH3 is 1. The molecule has 1 aromatic rings. The monoisotopic (exact) mass is 318 g/mol. The van der Waals surface area contributed by atoms with E-state index in [1.165, 1.54) is 13.5 Å². The highest BCUT2D eigenvalue weighted by Gasteiger charge is 2.19. The summed E-state index contributed by atoms with van der Waals surface area (Å²) >= 11 is 0. The summed E-state index contributed by atoms with van der Waals surface area (Å²) < 4.78 is 4.67. The van der Waals surface area contributed by atoms with Crippen LogP contribution in [0, 0.1) is 0 Å². The van der Waals surface area contributed by atoms with E-state index in [1.807, 2.05) is 0 Å². The van der Waals surface area contributed by atoms with Crippen LogP contribution in [-0.2, 0) is 14.3 Å². The highest BCUT2D eigenvalue weighted by atomic mass is 16.5. The van der Waals surface area contributed by atoms with Gasteiger partial charge in [0.2, 0.25) is 11.8 Å². The number of rotatable bonds is 5. The lowest BCUT2D eigenvalue weighted by molar-refractivity contribution is -0.127. The van der Waals surface area contributed by atoms with Crippen LogP contribution in [0.2, 0.25) is 0 Å². The summed E-state index contributed by atoms with van der Waals surface area (Å²) in [7, 11) is 1.28. The largest absolute Gasteiger partial charge is 0.465 e. The highest BCUT2D eigenvalue weighted by molar-refractivity contribution is 6.06. The number of ether oxygens (including phenoxy) is 1. The lowest BCUT2D eigenvalue weighted by Gasteiger charge is -2.22. The summed E-state index contributed by atoms with van der Waals surface area (Å²) in [5, 5.41) is 5.49. The average Bonchev–Trinajstić information content (AvgIpc) is 2.55. The molecule has 2 rings (SSSR count). The number of anilines is 1. The van der Waals surface area contributed by atoms with Crippen LogP contribution in [0.3, 0.4) is 0 Å². The fraction of sp³-hybridized carbons (Fsp3) is 0.471. The van der Waals surface area contributed by atoms with E-state index in [4.69, 9.17) is 0 Å². The summed E-state index contributed by atoms with van der Waals surface area (Å²) in [6.45, 7) is 0. The Bertz CT molecular complexity index is 580. The van der Waals surface area contributed by atoms with Crippen molar-refractivity contribution in [1.29, 1.82) is 0 Å². The van der Waals surface area contributed by atoms with Gasteiger partial charge < -0.3 is 15.4 Å². The van der Waals surface area contributed by atoms with Gasteiger partial charge in [-0.15, -0.1) is 0 Å². The summed E-state index contributed by atoms with van der Waals surface area (Å²) in [6.07, 6.45) is 5.12. The zero-order valence-electron chi connectivity index (χ0n) is 13.3. The highest BCUT2D eigenvalue weighted by Crippen LogP contribution is 2.18. The van der Waals surface area contributed by atoms with Crippen LogP contribution in [0.25, 0.3) is 0 Å². The third kappa shape index (κ3) is 5.09. The lowest BCUT2D eigenvalue weighted by atomic mass is 9.95. The molecule has 0 heterocycles. The number of benzene rings is 1. The maximum absolute atomic E-state index is 12.0. The van der Waals surface area contributed by atoms with Crippen molar-refractivity contribution in [1.82, 2.24) is 5.32 Å². The Balaban J connectivity index is 1.89. The molecule has 0 aliphatic heterocycles. The van der Waals surface area contributed by atoms with Gasteiger partial charge in [0.1, 0.15) is 6.42 Å². The van der Waals surface area contributed by atoms with Gasteiger partial charge in [0, 0.05) is 6.04 Å². The molecule has 0 atom stereocenters. The molecule has 6 nitrogen and oxygen atoms in total. The van der Waals surface area contributed by atoms with Crippen LogP contribution in [0.1, 0.15) is 48.9 Å². The molecule has 0 bridgehead atoms. The minimum Gasteiger partial charge on any atom is -0.465 e. The predicted molar refractivity (Wildman–Crippen MR) is 86.0 cm³/mol. The standard InChI is InChI=1S/C17H22N2O4/c1-23-17(22)13-9-5-6-10-14(13)19-16(21)11-15(20)18-12-7-3-2-4-8-12/h5-6,9-10,12H,2-4,7-8,11H2,1H3,(H,18,20)(H,19,21). The Labute approximate surface area is 135 Å². The number of carbonyl (C=O) groups is 3. The molecule has 2 amide bonds. The summed E-state index contributed by atoms with van der Waals surface area (Å²) in [4.78, 5) is 35.6. The smallest absolute Gasteiger partial charge is 0.339 e. The topological polar surface area (TPSA) is 84.5 Å². The maximum atomic E-state index is 12.0. The lowest BCUT2D eigenvalue weighted by Crippen LogP contribution is -2.37. The summed E-state index contributed by atoms with van der Waals surface area (Å²) in [6, 6.07) is 6.71. The predicted octanol–water partition coefficient (Wildman–Crippen LogP) is 2.25. The molecule has 23 heavy (non-hydrogen) atoms. The van der Waals surface area contributed by atoms with Crippen LogP contribution in [0.4, 0.5) is 5.69 Å². The first-order valence-corrected chi connectivity index (χ1v) is 7.86. The van der Waals surface area contributed by atoms with Crippen LogP contribution in [-0.4, -0.2) is 30.9 Å². The molecule has 0 aromatic heterocycles. The van der Waals surface area contributed by atoms with Crippen LogP contribution in [0.15, 0.2) is 24.3 Å². The summed E-state index contributed by atoms with van der Waals surface area (Å²) in [5.74, 6) is -1.27. The average molecular weight is 318 g/mol. The number of hydrogen-bond donors (Lipinski definition) is 2. The second-order valence-electron chi connectivity index (χ2n) is 5.66. The maximum Gasteiger partial charge on any atom is 0.339 e. The van der Waals surface area contributed by atoms with Crippen molar-refractivity contribution in [2.24, 2.45) is 0 Å². The minimum atomic E-state index is -0.535. The Hall–Kier alpha value is -2.37. The van der Waals surface area contributed by atoms with Crippen molar-refractivity contribution in [3.05, 3.63) is 29.8 Å². The van der Waals surface area contributed by atoms with Crippen molar-refractivity contribution in [3.63, 3.8) is 0 Å². The number of nitrogens with one attached hydrogen (secondary N) is 2. The Morgan fingerprint density at radius 1 is 1.09 bits per heavy atom. The van der Waals surface area contributed by atoms with E-state index in [2.05, 4.69) is 15.4 Å². The first-order chi connectivity index (χ1) is 11.1. The van der Waals surface area contributed by atoms with E-state index in [1.54, 1.807) is 24.3 Å². The third-order valence-corrected chi connectivity index (χ3v) is 3.90. The van der Waals surface area contributed by atoms with Crippen molar-refractivity contribution in [3.8, 4) is 0 Å². The fourth-order valence-corrected chi connectivity index (χ4v) is 2.75. The van der Waals surface area contributed by atoms with Gasteiger partial charge in [-0.3, -0.25) is 9.59 Å². The van der Waals surface area contributed by atoms with E-state index in [-0.39, 0.29) is 23.9 Å². The quantitative estimate of drug-likeness (QED) is 0.644. The number of esters is 1. The van der Waals surface area contributed by atoms with Crippen molar-refractivity contribution >= 4 is 23.5 Å². The van der Waals surface area contributed by atoms with Crippen LogP contribution in [0.5, 0.6) is 0 Å². The van der Waals surface area contributed by atoms with Gasteiger partial charge in [-0.1, -0.05) is 31.4 Å². The first-order valence-electron chi connectivity index (χ1n) is 7.86. The molecule has 1 aromatic carbocycles. The minimum absolute atomic E-state index is 0.173. The van der Waals surface area contributed by atoms with E-state index in [0.29, 0.717) is 5.69 Å². The van der Waals surface area contributed by atoms with Gasteiger partial charge in [0.15, 0.2) is 0 Å². The second kappa shape index (κ2) is 8.31. The molecule has 0 unspecified atom stereocenters. The molecule has 1 aliphatic carbocycles. The number of para-hydroxylation sites is 1. The first kappa shape index (κ1) is 17.0. The van der Waals surface area contributed by atoms with Gasteiger partial charge in [-0.2, -0.15) is 0 Å². The molecule has 0 saturated heterocycles. The fourth-order valence-electron chi connectivity index (χ4n) is 2.75. The second-order valence-corrected chi connectivity index (χ2v) is 5.66. The van der Waals surface area contributed by atoms with Gasteiger partial charge in [-0.05, 0) is 25.0 Å². The molecule has 1 fully saturated rings. The molecular weight excluding hydrogens is 296 g/mol. The zero-order chi connectivity index (χ0) is 16.7. The van der Waals surface area contributed by atoms with Crippen molar-refractivity contribution in [2.75, 3.05) is 12.4 Å². The summed E-state index contributed by atoms with van der Waals surface area (Å²) in [5.41, 5.74) is 0.603. The number of carbonyl (C=O) groups excluding carboxylic acids is 3. The van der Waals surface area contributed by atoms with E-state index in [9.17, 15) is 14.4 Å². The van der Waals surface area contributed by atoms with E-state index in [0.717, 1.165) is 25.7 Å². The van der Waals surface area contributed by atoms with Crippen molar-refractivity contribution in [2.45, 2.75) is 44.6 Å². The molecule has 0 radical (unpaired) electrons. The molecule has 0 spiro atoms. The van der Waals surface area contributed by atoms with E-state index < -0.39 is 11.9 Å². The van der Waals surface area contributed by atoms with Crippen LogP contribution >= 0.6 is 0 Å². The third-order valence-electron chi connectivity index (χ3n) is 3.90. The Morgan fingerprint density at radius 3 is 2.48 bits per heavy atom. The van der Waals surface area contributed by atoms with Gasteiger partial charge in [0.05, 0.1) is 18.4 Å². The van der Waals surface area contributed by atoms with E-state index >= 15 is 0 Å². The Kier molecular flexibility index (Phi) is 6.14. The van der Waals surface area contributed by atoms with Crippen molar-refractivity contribution < 1.29 is 19.1 Å². The number of amides is 2. The van der Waals surface area contributed by atoms with Gasteiger partial charge in [-0.25, -0.2) is 4.79 Å². The number of hydrogen-bond acceptors (Lipinski definition) is 4. The molecular formula is C17H22N2O4. The normalized spacial score (nSPS) is 14.8. The van der Waals surface area contributed by atoms with Crippen LogP contribution < -0.4 is 10.6 Å². The van der Waals surface area contributed by atoms with Gasteiger partial charge >= 0.3 is 5.97 Å². The van der Waals surface area contributed by atoms with Gasteiger partial charge in [0.25, 0.3) is 0 Å². The molecule has 1 aliphatic rings. The molecule has 2 N–H and O–H groups in total. The molecule has 124 valence electrons. The molecule has 1 saturated carbocycles.